The molecular formula is C26H25N3O3. The molecule has 1 N–H and O–H groups in total. The lowest BCUT2D eigenvalue weighted by atomic mass is 9.87. The molecule has 1 saturated heterocycles. The number of nitro benzene ring substituents is 1. The highest BCUT2D eigenvalue weighted by Crippen LogP contribution is 2.28. The number of anilines is 1. The van der Waals surface area contributed by atoms with E-state index in [4.69, 9.17) is 0 Å². The summed E-state index contributed by atoms with van der Waals surface area (Å²) in [5, 5.41) is 22.3. The van der Waals surface area contributed by atoms with Crippen molar-refractivity contribution in [3.63, 3.8) is 0 Å². The number of hydrogen-bond acceptors (Lipinski definition) is 5. The molecule has 1 aliphatic heterocycles. The first kappa shape index (κ1) is 21.6. The fourth-order valence-corrected chi connectivity index (χ4v) is 3.90. The number of piperazine rings is 1. The second kappa shape index (κ2) is 9.65. The first-order valence-corrected chi connectivity index (χ1v) is 10.6. The van der Waals surface area contributed by atoms with Crippen LogP contribution < -0.4 is 4.90 Å². The molecule has 6 heteroatoms. The van der Waals surface area contributed by atoms with Crippen molar-refractivity contribution in [2.45, 2.75) is 5.60 Å². The summed E-state index contributed by atoms with van der Waals surface area (Å²) in [5.74, 6) is 6.32. The van der Waals surface area contributed by atoms with Gasteiger partial charge in [-0.05, 0) is 12.1 Å². The molecule has 32 heavy (non-hydrogen) atoms. The monoisotopic (exact) mass is 427 g/mol. The van der Waals surface area contributed by atoms with E-state index in [9.17, 15) is 15.2 Å². The largest absolute Gasteiger partial charge is 0.369 e. The Labute approximate surface area is 187 Å². The van der Waals surface area contributed by atoms with E-state index in [0.717, 1.165) is 43.0 Å². The molecule has 0 spiro atoms. The van der Waals surface area contributed by atoms with Gasteiger partial charge in [-0.3, -0.25) is 15.0 Å². The molecule has 0 radical (unpaired) electrons. The van der Waals surface area contributed by atoms with Crippen LogP contribution in [0.1, 0.15) is 11.1 Å². The lowest BCUT2D eigenvalue weighted by Gasteiger charge is -2.35. The molecule has 4 rings (SSSR count). The van der Waals surface area contributed by atoms with Crippen molar-refractivity contribution in [1.82, 2.24) is 4.90 Å². The third-order valence-corrected chi connectivity index (χ3v) is 5.75. The zero-order chi connectivity index (χ0) is 22.4. The summed E-state index contributed by atoms with van der Waals surface area (Å²) in [4.78, 5) is 14.9. The van der Waals surface area contributed by atoms with Gasteiger partial charge in [-0.15, -0.1) is 0 Å². The minimum atomic E-state index is -1.36. The maximum absolute atomic E-state index is 11.5. The predicted molar refractivity (Wildman–Crippen MR) is 125 cm³/mol. The Bertz CT molecular complexity index is 1060. The molecule has 0 atom stereocenters. The third kappa shape index (κ3) is 4.80. The van der Waals surface area contributed by atoms with E-state index in [2.05, 4.69) is 21.6 Å². The number of aliphatic hydroxyl groups is 1. The normalized spacial score (nSPS) is 14.5. The van der Waals surface area contributed by atoms with Gasteiger partial charge in [-0.25, -0.2) is 0 Å². The van der Waals surface area contributed by atoms with Crippen LogP contribution in [0.2, 0.25) is 0 Å². The SMILES string of the molecule is O=[N+]([O-])c1ccc(N2CCN(CC#CC(O)(c3ccccc3)c3ccccc3)CC2)cc1. The summed E-state index contributed by atoms with van der Waals surface area (Å²) in [7, 11) is 0. The third-order valence-electron chi connectivity index (χ3n) is 5.75. The highest BCUT2D eigenvalue weighted by atomic mass is 16.6. The van der Waals surface area contributed by atoms with Gasteiger partial charge in [0.15, 0.2) is 5.60 Å². The zero-order valence-corrected chi connectivity index (χ0v) is 17.7. The molecule has 0 unspecified atom stereocenters. The number of hydrogen-bond donors (Lipinski definition) is 1. The van der Waals surface area contributed by atoms with Crippen molar-refractivity contribution < 1.29 is 10.0 Å². The lowest BCUT2D eigenvalue weighted by Crippen LogP contribution is -2.46. The highest BCUT2D eigenvalue weighted by Gasteiger charge is 2.29. The lowest BCUT2D eigenvalue weighted by molar-refractivity contribution is -0.384. The van der Waals surface area contributed by atoms with E-state index in [1.807, 2.05) is 60.7 Å². The first-order chi connectivity index (χ1) is 15.6. The summed E-state index contributed by atoms with van der Waals surface area (Å²) in [6.07, 6.45) is 0. The van der Waals surface area contributed by atoms with Crippen LogP contribution in [0.3, 0.4) is 0 Å². The molecule has 0 aromatic heterocycles. The van der Waals surface area contributed by atoms with Gasteiger partial charge in [0.05, 0.1) is 11.5 Å². The topological polar surface area (TPSA) is 69.9 Å². The highest BCUT2D eigenvalue weighted by molar-refractivity contribution is 5.51. The molecule has 162 valence electrons. The molecule has 0 aliphatic carbocycles. The van der Waals surface area contributed by atoms with Gasteiger partial charge in [0, 0.05) is 55.1 Å². The molecule has 0 bridgehead atoms. The fourth-order valence-electron chi connectivity index (χ4n) is 3.90. The number of non-ortho nitro benzene ring substituents is 1. The van der Waals surface area contributed by atoms with Crippen LogP contribution in [0.5, 0.6) is 0 Å². The molecule has 1 fully saturated rings. The Hall–Kier alpha value is -3.66. The second-order valence-electron chi connectivity index (χ2n) is 7.78. The Kier molecular flexibility index (Phi) is 6.50. The van der Waals surface area contributed by atoms with Gasteiger partial charge in [-0.1, -0.05) is 72.5 Å². The van der Waals surface area contributed by atoms with Gasteiger partial charge in [0.1, 0.15) is 0 Å². The smallest absolute Gasteiger partial charge is 0.269 e. The summed E-state index contributed by atoms with van der Waals surface area (Å²) in [6, 6.07) is 25.7. The summed E-state index contributed by atoms with van der Waals surface area (Å²) in [6.45, 7) is 3.87. The number of nitro groups is 1. The van der Waals surface area contributed by atoms with E-state index >= 15 is 0 Å². The van der Waals surface area contributed by atoms with Gasteiger partial charge >= 0.3 is 0 Å². The van der Waals surface area contributed by atoms with Crippen LogP contribution in [0.4, 0.5) is 11.4 Å². The Morgan fingerprint density at radius 1 is 0.844 bits per heavy atom. The number of nitrogens with zero attached hydrogens (tertiary/aromatic N) is 3. The van der Waals surface area contributed by atoms with Crippen LogP contribution in [-0.4, -0.2) is 47.7 Å². The molecule has 0 amide bonds. The molecular weight excluding hydrogens is 402 g/mol. The van der Waals surface area contributed by atoms with Crippen molar-refractivity contribution in [1.29, 1.82) is 0 Å². The van der Waals surface area contributed by atoms with Gasteiger partial charge in [0.2, 0.25) is 0 Å². The minimum Gasteiger partial charge on any atom is -0.369 e. The molecule has 3 aromatic carbocycles. The van der Waals surface area contributed by atoms with E-state index in [1.54, 1.807) is 24.3 Å². The summed E-state index contributed by atoms with van der Waals surface area (Å²) >= 11 is 0. The molecule has 6 nitrogen and oxygen atoms in total. The average molecular weight is 428 g/mol. The van der Waals surface area contributed by atoms with E-state index in [0.29, 0.717) is 6.54 Å². The maximum atomic E-state index is 11.5. The van der Waals surface area contributed by atoms with Crippen molar-refractivity contribution in [3.8, 4) is 11.8 Å². The molecule has 1 aliphatic rings. The van der Waals surface area contributed by atoms with Crippen LogP contribution in [0.25, 0.3) is 0 Å². The van der Waals surface area contributed by atoms with Crippen molar-refractivity contribution in [2.75, 3.05) is 37.6 Å². The maximum Gasteiger partial charge on any atom is 0.269 e. The van der Waals surface area contributed by atoms with E-state index in [1.165, 1.54) is 0 Å². The Morgan fingerprint density at radius 3 is 1.88 bits per heavy atom. The Morgan fingerprint density at radius 2 is 1.38 bits per heavy atom. The van der Waals surface area contributed by atoms with Gasteiger partial charge in [-0.2, -0.15) is 0 Å². The van der Waals surface area contributed by atoms with Crippen molar-refractivity contribution >= 4 is 11.4 Å². The quantitative estimate of drug-likeness (QED) is 0.382. The minimum absolute atomic E-state index is 0.104. The standard InChI is InChI=1S/C26H25N3O3/c30-26(22-8-3-1-4-9-22,23-10-5-2-6-11-23)16-7-17-27-18-20-28(21-19-27)24-12-14-25(15-13-24)29(31)32/h1-6,8-15,30H,17-21H2. The van der Waals surface area contributed by atoms with Crippen molar-refractivity contribution in [3.05, 3.63) is 106 Å². The van der Waals surface area contributed by atoms with E-state index < -0.39 is 5.60 Å². The van der Waals surface area contributed by atoms with Gasteiger partial charge in [0.25, 0.3) is 5.69 Å². The predicted octanol–water partition coefficient (Wildman–Crippen LogP) is 3.66. The van der Waals surface area contributed by atoms with Crippen LogP contribution in [0.15, 0.2) is 84.9 Å². The number of benzene rings is 3. The van der Waals surface area contributed by atoms with Crippen LogP contribution in [-0.2, 0) is 5.60 Å². The Balaban J connectivity index is 1.41. The molecule has 1 heterocycles. The first-order valence-electron chi connectivity index (χ1n) is 10.6. The fraction of sp³-hybridized carbons (Fsp3) is 0.231. The van der Waals surface area contributed by atoms with Crippen LogP contribution in [0, 0.1) is 22.0 Å². The second-order valence-corrected chi connectivity index (χ2v) is 7.78. The van der Waals surface area contributed by atoms with E-state index in [-0.39, 0.29) is 10.6 Å². The van der Waals surface area contributed by atoms with Crippen molar-refractivity contribution in [2.24, 2.45) is 0 Å². The average Bonchev–Trinajstić information content (AvgIpc) is 2.85. The molecule has 3 aromatic rings. The van der Waals surface area contributed by atoms with Crippen LogP contribution >= 0.6 is 0 Å². The number of rotatable bonds is 5. The summed E-state index contributed by atoms with van der Waals surface area (Å²) < 4.78 is 0. The van der Waals surface area contributed by atoms with Gasteiger partial charge < -0.3 is 10.0 Å². The zero-order valence-electron chi connectivity index (χ0n) is 17.7. The molecule has 0 saturated carbocycles. The summed E-state index contributed by atoms with van der Waals surface area (Å²) in [5.41, 5.74) is 1.24.